The normalized spacial score (nSPS) is 11.8. The first kappa shape index (κ1) is 19.4. The Morgan fingerprint density at radius 1 is 1.11 bits per heavy atom. The molecule has 0 amide bonds. The molecular weight excluding hydrogens is 407 g/mol. The van der Waals surface area contributed by atoms with E-state index in [1.54, 1.807) is 41.9 Å². The molecule has 1 aromatic heterocycles. The van der Waals surface area contributed by atoms with Gasteiger partial charge >= 0.3 is 0 Å². The molecule has 0 aliphatic rings. The van der Waals surface area contributed by atoms with Crippen LogP contribution in [0.1, 0.15) is 16.8 Å². The minimum absolute atomic E-state index is 0.128. The Morgan fingerprint density at radius 2 is 1.78 bits per heavy atom. The number of aryl methyl sites for hydroxylation is 1. The van der Waals surface area contributed by atoms with Crippen LogP contribution in [-0.4, -0.2) is 24.4 Å². The van der Waals surface area contributed by atoms with Gasteiger partial charge in [-0.05, 0) is 36.8 Å². The predicted octanol–water partition coefficient (Wildman–Crippen LogP) is 3.86. The van der Waals surface area contributed by atoms with Crippen molar-refractivity contribution in [1.82, 2.24) is 14.6 Å². The first-order valence-electron chi connectivity index (χ1n) is 7.94. The van der Waals surface area contributed by atoms with E-state index in [1.165, 1.54) is 18.3 Å². The lowest BCUT2D eigenvalue weighted by atomic mass is 10.2. The first-order valence-corrected chi connectivity index (χ1v) is 10.2. The summed E-state index contributed by atoms with van der Waals surface area (Å²) in [5.74, 6) is 0. The number of hydrogen-bond donors (Lipinski definition) is 1. The Balaban J connectivity index is 1.76. The molecule has 0 saturated carbocycles. The van der Waals surface area contributed by atoms with Crippen molar-refractivity contribution < 1.29 is 8.42 Å². The zero-order chi connectivity index (χ0) is 19.4. The quantitative estimate of drug-likeness (QED) is 0.483. The van der Waals surface area contributed by atoms with Gasteiger partial charge in [0.2, 0.25) is 0 Å². The van der Waals surface area contributed by atoms with Gasteiger partial charge in [0, 0.05) is 5.02 Å². The molecule has 0 spiro atoms. The van der Waals surface area contributed by atoms with Gasteiger partial charge in [-0.3, -0.25) is 0 Å². The summed E-state index contributed by atoms with van der Waals surface area (Å²) in [5, 5.41) is 9.23. The van der Waals surface area contributed by atoms with Gasteiger partial charge in [-0.2, -0.15) is 18.6 Å². The van der Waals surface area contributed by atoms with Crippen molar-refractivity contribution in [3.05, 3.63) is 81.6 Å². The van der Waals surface area contributed by atoms with Crippen LogP contribution in [0.3, 0.4) is 0 Å². The number of benzene rings is 2. The third-order valence-corrected chi connectivity index (χ3v) is 5.66. The molecule has 3 aromatic rings. The van der Waals surface area contributed by atoms with E-state index in [1.807, 2.05) is 12.1 Å². The average Bonchev–Trinajstić information content (AvgIpc) is 2.91. The van der Waals surface area contributed by atoms with E-state index in [4.69, 9.17) is 23.2 Å². The summed E-state index contributed by atoms with van der Waals surface area (Å²) < 4.78 is 26.0. The molecule has 2 aromatic carbocycles. The number of aromatic nitrogens is 2. The van der Waals surface area contributed by atoms with Crippen LogP contribution in [0.5, 0.6) is 0 Å². The van der Waals surface area contributed by atoms with E-state index < -0.39 is 10.0 Å². The highest BCUT2D eigenvalue weighted by Gasteiger charge is 2.14. The first-order chi connectivity index (χ1) is 12.9. The van der Waals surface area contributed by atoms with Gasteiger partial charge in [0.1, 0.15) is 5.15 Å². The molecule has 0 radical (unpaired) electrons. The van der Waals surface area contributed by atoms with Crippen molar-refractivity contribution in [2.24, 2.45) is 5.10 Å². The molecule has 1 N–H and O–H groups in total. The molecular formula is C18H16Cl2N4O2S. The van der Waals surface area contributed by atoms with Gasteiger partial charge in [-0.1, -0.05) is 53.5 Å². The van der Waals surface area contributed by atoms with Gasteiger partial charge in [-0.15, -0.1) is 0 Å². The highest BCUT2D eigenvalue weighted by atomic mass is 35.5. The van der Waals surface area contributed by atoms with E-state index in [2.05, 4.69) is 15.0 Å². The number of hydrogen-bond acceptors (Lipinski definition) is 4. The number of nitrogens with zero attached hydrogens (tertiary/aromatic N) is 3. The molecule has 6 nitrogen and oxygen atoms in total. The lowest BCUT2D eigenvalue weighted by Gasteiger charge is -2.04. The van der Waals surface area contributed by atoms with Crippen molar-refractivity contribution in [2.45, 2.75) is 18.4 Å². The lowest BCUT2D eigenvalue weighted by molar-refractivity contribution is 0.584. The third-order valence-electron chi connectivity index (χ3n) is 3.78. The fourth-order valence-corrected chi connectivity index (χ4v) is 3.62. The Bertz CT molecular complexity index is 1060. The SMILES string of the molecule is Cc1nn(Cc2ccc(Cl)cc2)c(Cl)c1/C=N/NS(=O)(=O)c1ccccc1. The summed E-state index contributed by atoms with van der Waals surface area (Å²) >= 11 is 12.3. The molecule has 0 aliphatic carbocycles. The minimum Gasteiger partial charge on any atom is -0.249 e. The molecule has 0 unspecified atom stereocenters. The maximum absolute atomic E-state index is 12.2. The van der Waals surface area contributed by atoms with Gasteiger partial charge < -0.3 is 0 Å². The minimum atomic E-state index is -3.73. The van der Waals surface area contributed by atoms with Gasteiger partial charge in [0.25, 0.3) is 10.0 Å². The zero-order valence-corrected chi connectivity index (χ0v) is 16.6. The summed E-state index contributed by atoms with van der Waals surface area (Å²) in [7, 11) is -3.73. The smallest absolute Gasteiger partial charge is 0.249 e. The average molecular weight is 423 g/mol. The molecule has 9 heteroatoms. The molecule has 0 fully saturated rings. The maximum atomic E-state index is 12.2. The van der Waals surface area contributed by atoms with Gasteiger partial charge in [-0.25, -0.2) is 9.51 Å². The number of sulfonamides is 1. The number of rotatable bonds is 6. The van der Waals surface area contributed by atoms with E-state index in [0.717, 1.165) is 5.56 Å². The lowest BCUT2D eigenvalue weighted by Crippen LogP contribution is -2.18. The van der Waals surface area contributed by atoms with Crippen LogP contribution in [0.4, 0.5) is 0 Å². The van der Waals surface area contributed by atoms with Crippen LogP contribution in [-0.2, 0) is 16.6 Å². The second-order valence-electron chi connectivity index (χ2n) is 5.74. The van der Waals surface area contributed by atoms with Crippen molar-refractivity contribution in [2.75, 3.05) is 0 Å². The molecule has 27 heavy (non-hydrogen) atoms. The monoisotopic (exact) mass is 422 g/mol. The second-order valence-corrected chi connectivity index (χ2v) is 8.20. The molecule has 0 atom stereocenters. The van der Waals surface area contributed by atoms with E-state index in [0.29, 0.717) is 28.0 Å². The zero-order valence-electron chi connectivity index (χ0n) is 14.3. The Kier molecular flexibility index (Phi) is 5.84. The summed E-state index contributed by atoms with van der Waals surface area (Å²) in [6.45, 7) is 2.23. The van der Waals surface area contributed by atoms with Crippen LogP contribution < -0.4 is 4.83 Å². The fraction of sp³-hybridized carbons (Fsp3) is 0.111. The van der Waals surface area contributed by atoms with E-state index >= 15 is 0 Å². The van der Waals surface area contributed by atoms with Crippen molar-refractivity contribution in [3.8, 4) is 0 Å². The van der Waals surface area contributed by atoms with Crippen molar-refractivity contribution in [1.29, 1.82) is 0 Å². The Morgan fingerprint density at radius 3 is 2.44 bits per heavy atom. The number of halogens is 2. The highest BCUT2D eigenvalue weighted by molar-refractivity contribution is 7.89. The number of hydrazone groups is 1. The van der Waals surface area contributed by atoms with Crippen LogP contribution in [0, 0.1) is 6.92 Å². The third kappa shape index (κ3) is 4.68. The molecule has 0 bridgehead atoms. The maximum Gasteiger partial charge on any atom is 0.276 e. The Labute approximate surface area is 167 Å². The van der Waals surface area contributed by atoms with E-state index in [-0.39, 0.29) is 4.90 Å². The van der Waals surface area contributed by atoms with E-state index in [9.17, 15) is 8.42 Å². The molecule has 0 saturated heterocycles. The summed E-state index contributed by atoms with van der Waals surface area (Å²) in [4.78, 5) is 2.30. The van der Waals surface area contributed by atoms with Crippen molar-refractivity contribution >= 4 is 39.4 Å². The summed E-state index contributed by atoms with van der Waals surface area (Å²) in [6.07, 6.45) is 1.35. The van der Waals surface area contributed by atoms with Crippen LogP contribution >= 0.6 is 23.2 Å². The van der Waals surface area contributed by atoms with Crippen molar-refractivity contribution in [3.63, 3.8) is 0 Å². The molecule has 140 valence electrons. The summed E-state index contributed by atoms with van der Waals surface area (Å²) in [6, 6.07) is 15.3. The largest absolute Gasteiger partial charge is 0.276 e. The van der Waals surface area contributed by atoms with Crippen LogP contribution in [0.2, 0.25) is 10.2 Å². The van der Waals surface area contributed by atoms with Gasteiger partial charge in [0.05, 0.1) is 28.9 Å². The van der Waals surface area contributed by atoms with Gasteiger partial charge in [0.15, 0.2) is 0 Å². The molecule has 1 heterocycles. The summed E-state index contributed by atoms with van der Waals surface area (Å²) in [5.41, 5.74) is 2.16. The van der Waals surface area contributed by atoms with Crippen LogP contribution in [0.15, 0.2) is 64.6 Å². The standard InChI is InChI=1S/C18H16Cl2N4O2S/c1-13-17(11-21-23-27(25,26)16-5-3-2-4-6-16)18(20)24(22-13)12-14-7-9-15(19)10-8-14/h2-11,23H,12H2,1H3/b21-11+. The predicted molar refractivity (Wildman–Crippen MR) is 107 cm³/mol. The van der Waals surface area contributed by atoms with Crippen LogP contribution in [0.25, 0.3) is 0 Å². The number of nitrogens with one attached hydrogen (secondary N) is 1. The fourth-order valence-electron chi connectivity index (χ4n) is 2.39. The molecule has 0 aliphatic heterocycles. The second kappa shape index (κ2) is 8.12. The molecule has 3 rings (SSSR count). The topological polar surface area (TPSA) is 76.3 Å². The highest BCUT2D eigenvalue weighted by Crippen LogP contribution is 2.20. The Hall–Kier alpha value is -2.35.